The highest BCUT2D eigenvalue weighted by molar-refractivity contribution is 6.13. The number of aromatic nitrogens is 1. The van der Waals surface area contributed by atoms with Crippen LogP contribution in [0.5, 0.6) is 0 Å². The molecule has 3 nitrogen and oxygen atoms in total. The van der Waals surface area contributed by atoms with E-state index in [2.05, 4.69) is 29.2 Å². The Morgan fingerprint density at radius 3 is 2.41 bits per heavy atom. The second-order valence-corrected chi connectivity index (χ2v) is 6.76. The van der Waals surface area contributed by atoms with Crippen LogP contribution in [0.1, 0.15) is 15.9 Å². The normalized spacial score (nSPS) is 13.0. The summed E-state index contributed by atoms with van der Waals surface area (Å²) in [6, 6.07) is 26.0. The van der Waals surface area contributed by atoms with Crippen molar-refractivity contribution in [3.63, 3.8) is 0 Å². The lowest BCUT2D eigenvalue weighted by Crippen LogP contribution is -2.29. The van der Waals surface area contributed by atoms with Crippen LogP contribution in [-0.4, -0.2) is 17.4 Å². The molecule has 0 N–H and O–H groups in total. The molecule has 1 aromatic heterocycles. The van der Waals surface area contributed by atoms with E-state index in [0.717, 1.165) is 28.6 Å². The fourth-order valence-corrected chi connectivity index (χ4v) is 3.96. The van der Waals surface area contributed by atoms with Crippen LogP contribution in [0, 0.1) is 0 Å². The van der Waals surface area contributed by atoms with Crippen LogP contribution in [0.25, 0.3) is 22.0 Å². The lowest BCUT2D eigenvalue weighted by atomic mass is 9.95. The van der Waals surface area contributed by atoms with Gasteiger partial charge in [0.15, 0.2) is 0 Å². The smallest absolute Gasteiger partial charge is 0.258 e. The molecule has 0 saturated heterocycles. The molecule has 4 aromatic rings. The number of amides is 1. The van der Waals surface area contributed by atoms with Crippen molar-refractivity contribution in [1.82, 2.24) is 4.98 Å². The molecule has 0 atom stereocenters. The molecule has 2 heterocycles. The zero-order chi connectivity index (χ0) is 18.2. The Labute approximate surface area is 157 Å². The van der Waals surface area contributed by atoms with Gasteiger partial charge in [-0.05, 0) is 53.4 Å². The molecular weight excluding hydrogens is 332 g/mol. The van der Waals surface area contributed by atoms with E-state index in [1.54, 1.807) is 0 Å². The average molecular weight is 350 g/mol. The van der Waals surface area contributed by atoms with Gasteiger partial charge in [-0.1, -0.05) is 48.5 Å². The third kappa shape index (κ3) is 2.59. The average Bonchev–Trinajstić information content (AvgIpc) is 3.19. The Bertz CT molecular complexity index is 1140. The van der Waals surface area contributed by atoms with Gasteiger partial charge in [-0.2, -0.15) is 0 Å². The van der Waals surface area contributed by atoms with Crippen LogP contribution >= 0.6 is 0 Å². The molecule has 0 radical (unpaired) electrons. The molecule has 0 fully saturated rings. The Balaban J connectivity index is 1.74. The summed E-state index contributed by atoms with van der Waals surface area (Å²) in [5.41, 5.74) is 6.20. The second kappa shape index (κ2) is 6.36. The third-order valence-corrected chi connectivity index (χ3v) is 5.19. The van der Waals surface area contributed by atoms with E-state index >= 15 is 0 Å². The van der Waals surface area contributed by atoms with Crippen molar-refractivity contribution in [2.75, 3.05) is 11.4 Å². The first-order chi connectivity index (χ1) is 13.3. The first-order valence-corrected chi connectivity index (χ1v) is 9.16. The van der Waals surface area contributed by atoms with Gasteiger partial charge < -0.3 is 4.90 Å². The van der Waals surface area contributed by atoms with Crippen LogP contribution in [0.15, 0.2) is 85.1 Å². The molecule has 0 saturated carbocycles. The first-order valence-electron chi connectivity index (χ1n) is 9.16. The number of fused-ring (bicyclic) bond motifs is 3. The topological polar surface area (TPSA) is 33.2 Å². The molecule has 0 aliphatic carbocycles. The summed E-state index contributed by atoms with van der Waals surface area (Å²) in [6.45, 7) is 0.691. The number of anilines is 1. The van der Waals surface area contributed by atoms with Gasteiger partial charge in [-0.15, -0.1) is 0 Å². The highest BCUT2D eigenvalue weighted by Crippen LogP contribution is 2.42. The van der Waals surface area contributed by atoms with Crippen molar-refractivity contribution in [2.24, 2.45) is 0 Å². The Hall–Kier alpha value is -3.46. The maximum atomic E-state index is 13.2. The number of nitrogens with zero attached hydrogens (tertiary/aromatic N) is 2. The summed E-state index contributed by atoms with van der Waals surface area (Å²) < 4.78 is 0. The molecule has 3 aromatic carbocycles. The predicted molar refractivity (Wildman–Crippen MR) is 109 cm³/mol. The summed E-state index contributed by atoms with van der Waals surface area (Å²) in [5.74, 6) is 0.0460. The van der Waals surface area contributed by atoms with Gasteiger partial charge in [-0.3, -0.25) is 9.78 Å². The first kappa shape index (κ1) is 15.8. The minimum atomic E-state index is 0.0460. The molecule has 27 heavy (non-hydrogen) atoms. The molecule has 3 heteroatoms. The SMILES string of the molecule is O=C(c1ccccc1)N1CCc2c(-c3ccccc3)cc3ncccc3c21. The molecule has 0 spiro atoms. The van der Waals surface area contributed by atoms with Crippen LogP contribution in [0.3, 0.4) is 0 Å². The Morgan fingerprint density at radius 1 is 0.889 bits per heavy atom. The van der Waals surface area contributed by atoms with E-state index in [-0.39, 0.29) is 5.91 Å². The molecule has 1 aliphatic heterocycles. The molecular formula is C24H18N2O. The number of pyridine rings is 1. The monoisotopic (exact) mass is 350 g/mol. The zero-order valence-electron chi connectivity index (χ0n) is 14.8. The van der Waals surface area contributed by atoms with Crippen LogP contribution < -0.4 is 4.90 Å². The summed E-state index contributed by atoms with van der Waals surface area (Å²) in [6.07, 6.45) is 2.66. The van der Waals surface area contributed by atoms with Crippen LogP contribution in [0.2, 0.25) is 0 Å². The maximum Gasteiger partial charge on any atom is 0.258 e. The van der Waals surface area contributed by atoms with Gasteiger partial charge in [0.25, 0.3) is 5.91 Å². The lowest BCUT2D eigenvalue weighted by Gasteiger charge is -2.20. The van der Waals surface area contributed by atoms with E-state index in [4.69, 9.17) is 0 Å². The fourth-order valence-electron chi connectivity index (χ4n) is 3.96. The fraction of sp³-hybridized carbons (Fsp3) is 0.0833. The largest absolute Gasteiger partial charge is 0.307 e. The summed E-state index contributed by atoms with van der Waals surface area (Å²) in [4.78, 5) is 19.7. The van der Waals surface area contributed by atoms with Gasteiger partial charge >= 0.3 is 0 Å². The number of carbonyl (C=O) groups excluding carboxylic acids is 1. The lowest BCUT2D eigenvalue weighted by molar-refractivity contribution is 0.0989. The van der Waals surface area contributed by atoms with E-state index in [9.17, 15) is 4.79 Å². The van der Waals surface area contributed by atoms with E-state index in [1.807, 2.05) is 65.7 Å². The number of carbonyl (C=O) groups is 1. The molecule has 0 bridgehead atoms. The minimum absolute atomic E-state index is 0.0460. The van der Waals surface area contributed by atoms with Crippen molar-refractivity contribution in [3.05, 3.63) is 96.2 Å². The van der Waals surface area contributed by atoms with Crippen LogP contribution in [-0.2, 0) is 6.42 Å². The van der Waals surface area contributed by atoms with Crippen molar-refractivity contribution < 1.29 is 4.79 Å². The Kier molecular flexibility index (Phi) is 3.72. The highest BCUT2D eigenvalue weighted by Gasteiger charge is 2.30. The van der Waals surface area contributed by atoms with Crippen molar-refractivity contribution in [3.8, 4) is 11.1 Å². The van der Waals surface area contributed by atoms with E-state index in [0.29, 0.717) is 12.1 Å². The molecule has 1 aliphatic rings. The number of benzene rings is 3. The standard InChI is InChI=1S/C24H18N2O/c27-24(18-10-5-2-6-11-18)26-15-13-19-21(17-8-3-1-4-9-17)16-22-20(23(19)26)12-7-14-25-22/h1-12,14,16H,13,15H2. The zero-order valence-corrected chi connectivity index (χ0v) is 14.8. The summed E-state index contributed by atoms with van der Waals surface area (Å²) in [5, 5.41) is 1.04. The quantitative estimate of drug-likeness (QED) is 0.504. The second-order valence-electron chi connectivity index (χ2n) is 6.76. The van der Waals surface area contributed by atoms with Gasteiger partial charge in [0, 0.05) is 23.7 Å². The van der Waals surface area contributed by atoms with Crippen molar-refractivity contribution >= 4 is 22.5 Å². The van der Waals surface area contributed by atoms with E-state index in [1.165, 1.54) is 11.1 Å². The minimum Gasteiger partial charge on any atom is -0.307 e. The maximum absolute atomic E-state index is 13.2. The van der Waals surface area contributed by atoms with Gasteiger partial charge in [0.05, 0.1) is 11.2 Å². The van der Waals surface area contributed by atoms with Crippen LogP contribution in [0.4, 0.5) is 5.69 Å². The summed E-state index contributed by atoms with van der Waals surface area (Å²) >= 11 is 0. The number of rotatable bonds is 2. The number of hydrogen-bond acceptors (Lipinski definition) is 2. The molecule has 1 amide bonds. The summed E-state index contributed by atoms with van der Waals surface area (Å²) in [7, 11) is 0. The molecule has 130 valence electrons. The van der Waals surface area contributed by atoms with Crippen molar-refractivity contribution in [1.29, 1.82) is 0 Å². The number of hydrogen-bond donors (Lipinski definition) is 0. The third-order valence-electron chi connectivity index (χ3n) is 5.19. The van der Waals surface area contributed by atoms with Gasteiger partial charge in [0.2, 0.25) is 0 Å². The van der Waals surface area contributed by atoms with Crippen molar-refractivity contribution in [2.45, 2.75) is 6.42 Å². The molecule has 0 unspecified atom stereocenters. The Morgan fingerprint density at radius 2 is 1.63 bits per heavy atom. The van der Waals surface area contributed by atoms with Gasteiger partial charge in [-0.25, -0.2) is 0 Å². The molecule has 5 rings (SSSR count). The van der Waals surface area contributed by atoms with E-state index < -0.39 is 0 Å². The predicted octanol–water partition coefficient (Wildman–Crippen LogP) is 5.10. The highest BCUT2D eigenvalue weighted by atomic mass is 16.2. The van der Waals surface area contributed by atoms with Gasteiger partial charge in [0.1, 0.15) is 0 Å².